The van der Waals surface area contributed by atoms with Crippen LogP contribution in [0.25, 0.3) is 88.7 Å². The summed E-state index contributed by atoms with van der Waals surface area (Å²) >= 11 is 0. The van der Waals surface area contributed by atoms with Gasteiger partial charge in [-0.1, -0.05) is 158 Å². The predicted molar refractivity (Wildman–Crippen MR) is 226 cm³/mol. The molecule has 0 saturated carbocycles. The van der Waals surface area contributed by atoms with E-state index in [9.17, 15) is 0 Å². The first kappa shape index (κ1) is 32.2. The summed E-state index contributed by atoms with van der Waals surface area (Å²) in [5.74, 6) is 3.42. The zero-order valence-corrected chi connectivity index (χ0v) is 29.8. The second-order valence-corrected chi connectivity index (χ2v) is 13.7. The molecule has 1 aromatic heterocycles. The van der Waals surface area contributed by atoms with E-state index in [1.165, 1.54) is 26.9 Å². The van der Waals surface area contributed by atoms with E-state index in [-0.39, 0.29) is 0 Å². The highest BCUT2D eigenvalue weighted by atomic mass is 16.5. The minimum Gasteiger partial charge on any atom is -0.457 e. The molecule has 0 aliphatic heterocycles. The van der Waals surface area contributed by atoms with Crippen LogP contribution >= 0.6 is 0 Å². The molecule has 0 atom stereocenters. The van der Waals surface area contributed by atoms with Crippen molar-refractivity contribution in [3.8, 4) is 67.9 Å². The third kappa shape index (κ3) is 6.47. The van der Waals surface area contributed by atoms with Crippen molar-refractivity contribution in [1.29, 1.82) is 0 Å². The predicted octanol–water partition coefficient (Wildman–Crippen LogP) is 13.5. The zero-order chi connectivity index (χ0) is 36.6. The minimum atomic E-state index is 0.613. The number of hydrogen-bond acceptors (Lipinski definition) is 4. The van der Waals surface area contributed by atoms with Gasteiger partial charge in [-0.25, -0.2) is 15.0 Å². The molecule has 0 amide bonds. The van der Waals surface area contributed by atoms with Crippen LogP contribution in [-0.4, -0.2) is 15.0 Å². The maximum absolute atomic E-state index is 6.46. The molecule has 0 aliphatic rings. The number of benzene rings is 9. The maximum Gasteiger partial charge on any atom is 0.164 e. The Morgan fingerprint density at radius 3 is 1.45 bits per heavy atom. The third-order valence-corrected chi connectivity index (χ3v) is 10.1. The molecule has 1 heterocycles. The first-order valence-corrected chi connectivity index (χ1v) is 18.4. The molecule has 0 spiro atoms. The highest BCUT2D eigenvalue weighted by molar-refractivity contribution is 6.08. The van der Waals surface area contributed by atoms with Crippen LogP contribution in [0, 0.1) is 0 Å². The molecule has 10 aromatic rings. The minimum absolute atomic E-state index is 0.613. The number of ether oxygens (including phenoxy) is 1. The van der Waals surface area contributed by atoms with E-state index >= 15 is 0 Å². The van der Waals surface area contributed by atoms with Crippen LogP contribution in [-0.2, 0) is 0 Å². The number of nitrogens with zero attached hydrogens (tertiary/aromatic N) is 3. The van der Waals surface area contributed by atoms with Gasteiger partial charge < -0.3 is 4.74 Å². The standard InChI is InChI=1S/C51H33N3O/c1-2-13-36(14-3-1)49-52-50(54-51(53-49)44-27-28-48-42(31-44)26-24-35-12-6-7-22-47(35)48)43-19-8-16-38(30-43)39-17-9-20-45(32-39)55-46-21-10-18-40(33-46)41-25-23-34-11-4-5-15-37(34)29-41/h1-33H. The Balaban J connectivity index is 0.984. The van der Waals surface area contributed by atoms with Gasteiger partial charge in [0.1, 0.15) is 11.5 Å². The molecule has 55 heavy (non-hydrogen) atoms. The van der Waals surface area contributed by atoms with Gasteiger partial charge in [0, 0.05) is 16.7 Å². The van der Waals surface area contributed by atoms with E-state index < -0.39 is 0 Å². The molecule has 0 unspecified atom stereocenters. The average molecular weight is 704 g/mol. The Kier molecular flexibility index (Phi) is 8.12. The summed E-state index contributed by atoms with van der Waals surface area (Å²) in [7, 11) is 0. The topological polar surface area (TPSA) is 47.9 Å². The van der Waals surface area contributed by atoms with Crippen molar-refractivity contribution in [3.63, 3.8) is 0 Å². The molecule has 10 rings (SSSR count). The van der Waals surface area contributed by atoms with Crippen LogP contribution in [0.5, 0.6) is 11.5 Å². The summed E-state index contributed by atoms with van der Waals surface area (Å²) in [5, 5.41) is 7.24. The van der Waals surface area contributed by atoms with Crippen molar-refractivity contribution in [2.75, 3.05) is 0 Å². The molecule has 0 bridgehead atoms. The van der Waals surface area contributed by atoms with Crippen molar-refractivity contribution in [3.05, 3.63) is 200 Å². The maximum atomic E-state index is 6.46. The molecular weight excluding hydrogens is 671 g/mol. The summed E-state index contributed by atoms with van der Waals surface area (Å²) in [5.41, 5.74) is 7.11. The van der Waals surface area contributed by atoms with Crippen molar-refractivity contribution in [2.24, 2.45) is 0 Å². The Hall–Kier alpha value is -7.43. The van der Waals surface area contributed by atoms with E-state index in [4.69, 9.17) is 19.7 Å². The van der Waals surface area contributed by atoms with Crippen LogP contribution in [0.3, 0.4) is 0 Å². The lowest BCUT2D eigenvalue weighted by molar-refractivity contribution is 0.483. The van der Waals surface area contributed by atoms with Gasteiger partial charge in [-0.15, -0.1) is 0 Å². The molecule has 0 aliphatic carbocycles. The van der Waals surface area contributed by atoms with Crippen LogP contribution < -0.4 is 4.74 Å². The molecule has 0 saturated heterocycles. The average Bonchev–Trinajstić information content (AvgIpc) is 3.26. The fraction of sp³-hybridized carbons (Fsp3) is 0. The molecule has 0 N–H and O–H groups in total. The lowest BCUT2D eigenvalue weighted by Crippen LogP contribution is -2.00. The van der Waals surface area contributed by atoms with Crippen molar-refractivity contribution in [1.82, 2.24) is 15.0 Å². The van der Waals surface area contributed by atoms with Crippen LogP contribution in [0.2, 0.25) is 0 Å². The Labute approximate surface area is 319 Å². The monoisotopic (exact) mass is 703 g/mol. The summed E-state index contributed by atoms with van der Waals surface area (Å²) < 4.78 is 6.46. The molecule has 0 radical (unpaired) electrons. The summed E-state index contributed by atoms with van der Waals surface area (Å²) in [6, 6.07) is 69.2. The second kappa shape index (κ2) is 13.8. The number of aromatic nitrogens is 3. The summed E-state index contributed by atoms with van der Waals surface area (Å²) in [6.07, 6.45) is 0. The quantitative estimate of drug-likeness (QED) is 0.155. The van der Waals surface area contributed by atoms with Gasteiger partial charge in [0.25, 0.3) is 0 Å². The van der Waals surface area contributed by atoms with Crippen LogP contribution in [0.4, 0.5) is 0 Å². The SMILES string of the molecule is c1ccc(-c2nc(-c3cccc(-c4cccc(Oc5cccc(-c6ccc7ccccc7c6)c5)c4)c3)nc(-c3ccc4c(ccc5ccccc54)c3)n2)cc1. The normalized spacial score (nSPS) is 11.3. The molecule has 4 heteroatoms. The fourth-order valence-corrected chi connectivity index (χ4v) is 7.32. The lowest BCUT2D eigenvalue weighted by atomic mass is 10.00. The van der Waals surface area contributed by atoms with Crippen molar-refractivity contribution >= 4 is 32.3 Å². The molecule has 4 nitrogen and oxygen atoms in total. The van der Waals surface area contributed by atoms with Gasteiger partial charge in [0.2, 0.25) is 0 Å². The van der Waals surface area contributed by atoms with Crippen molar-refractivity contribution < 1.29 is 4.74 Å². The molecule has 258 valence electrons. The zero-order valence-electron chi connectivity index (χ0n) is 29.8. The van der Waals surface area contributed by atoms with E-state index in [0.29, 0.717) is 17.5 Å². The van der Waals surface area contributed by atoms with Gasteiger partial charge in [-0.2, -0.15) is 0 Å². The lowest BCUT2D eigenvalue weighted by Gasteiger charge is -2.12. The largest absolute Gasteiger partial charge is 0.457 e. The summed E-state index contributed by atoms with van der Waals surface area (Å²) in [4.78, 5) is 15.1. The van der Waals surface area contributed by atoms with E-state index in [2.05, 4.69) is 146 Å². The van der Waals surface area contributed by atoms with Gasteiger partial charge in [0.05, 0.1) is 0 Å². The smallest absolute Gasteiger partial charge is 0.164 e. The Morgan fingerprint density at radius 2 is 0.709 bits per heavy atom. The van der Waals surface area contributed by atoms with E-state index in [0.717, 1.165) is 55.8 Å². The number of rotatable bonds is 7. The van der Waals surface area contributed by atoms with E-state index in [1.54, 1.807) is 0 Å². The highest BCUT2D eigenvalue weighted by Gasteiger charge is 2.14. The first-order valence-electron chi connectivity index (χ1n) is 18.4. The Bertz CT molecular complexity index is 3030. The second-order valence-electron chi connectivity index (χ2n) is 13.7. The Morgan fingerprint density at radius 1 is 0.255 bits per heavy atom. The fourth-order valence-electron chi connectivity index (χ4n) is 7.32. The van der Waals surface area contributed by atoms with Crippen LogP contribution in [0.15, 0.2) is 200 Å². The highest BCUT2D eigenvalue weighted by Crippen LogP contribution is 2.34. The van der Waals surface area contributed by atoms with Crippen molar-refractivity contribution in [2.45, 2.75) is 0 Å². The van der Waals surface area contributed by atoms with E-state index in [1.807, 2.05) is 54.6 Å². The van der Waals surface area contributed by atoms with Crippen LogP contribution in [0.1, 0.15) is 0 Å². The van der Waals surface area contributed by atoms with Gasteiger partial charge in [-0.3, -0.25) is 0 Å². The first-order chi connectivity index (χ1) is 27.2. The van der Waals surface area contributed by atoms with Gasteiger partial charge in [-0.05, 0) is 97.0 Å². The molecule has 0 fully saturated rings. The number of fused-ring (bicyclic) bond motifs is 4. The van der Waals surface area contributed by atoms with Gasteiger partial charge >= 0.3 is 0 Å². The third-order valence-electron chi connectivity index (χ3n) is 10.1. The summed E-state index contributed by atoms with van der Waals surface area (Å²) in [6.45, 7) is 0. The molecular formula is C51H33N3O. The van der Waals surface area contributed by atoms with Gasteiger partial charge in [0.15, 0.2) is 17.5 Å². The number of hydrogen-bond donors (Lipinski definition) is 0. The molecule has 9 aromatic carbocycles.